The van der Waals surface area contributed by atoms with E-state index in [9.17, 15) is 0 Å². The smallest absolute Gasteiger partial charge is 0.0692 e. The van der Waals surface area contributed by atoms with Crippen LogP contribution in [0, 0.1) is 5.92 Å². The second-order valence-corrected chi connectivity index (χ2v) is 5.54. The lowest BCUT2D eigenvalue weighted by molar-refractivity contribution is -0.126. The van der Waals surface area contributed by atoms with Crippen molar-refractivity contribution in [1.29, 1.82) is 0 Å². The minimum atomic E-state index is 0.0548. The number of rotatable bonds is 1. The molecule has 0 amide bonds. The highest BCUT2D eigenvalue weighted by Gasteiger charge is 2.47. The van der Waals surface area contributed by atoms with Crippen LogP contribution in [0.2, 0.25) is 0 Å². The van der Waals surface area contributed by atoms with E-state index in [2.05, 4.69) is 20.8 Å². The van der Waals surface area contributed by atoms with Gasteiger partial charge in [-0.15, -0.1) is 0 Å². The fraction of sp³-hybridized carbons (Fsp3) is 1.00. The Bertz CT molecular complexity index is 170. The first-order valence-corrected chi connectivity index (χ1v) is 5.19. The van der Waals surface area contributed by atoms with E-state index in [1.165, 1.54) is 32.1 Å². The van der Waals surface area contributed by atoms with Gasteiger partial charge in [-0.2, -0.15) is 0 Å². The number of fused-ring (bicyclic) bond motifs is 2. The van der Waals surface area contributed by atoms with Crippen LogP contribution in [0.15, 0.2) is 0 Å². The first kappa shape index (κ1) is 8.55. The maximum absolute atomic E-state index is 6.18. The lowest BCUT2D eigenvalue weighted by atomic mass is 9.96. The molecule has 1 heteroatoms. The fourth-order valence-corrected chi connectivity index (χ4v) is 2.93. The summed E-state index contributed by atoms with van der Waals surface area (Å²) in [7, 11) is 0. The Labute approximate surface area is 75.5 Å². The molecule has 2 aliphatic rings. The zero-order valence-corrected chi connectivity index (χ0v) is 8.52. The van der Waals surface area contributed by atoms with E-state index in [4.69, 9.17) is 4.74 Å². The quantitative estimate of drug-likeness (QED) is 0.584. The molecule has 0 aromatic carbocycles. The fourth-order valence-electron chi connectivity index (χ4n) is 2.93. The van der Waals surface area contributed by atoms with Crippen LogP contribution >= 0.6 is 0 Å². The molecule has 2 rings (SSSR count). The van der Waals surface area contributed by atoms with Crippen molar-refractivity contribution >= 4 is 0 Å². The zero-order chi connectivity index (χ0) is 8.82. The standard InChI is InChI=1S/C11H20O/c1-10(2,3)12-11-6-4-9(8-11)5-7-11/h9H,4-8H2,1-3H3. The van der Waals surface area contributed by atoms with E-state index in [0.717, 1.165) is 5.92 Å². The summed E-state index contributed by atoms with van der Waals surface area (Å²) >= 11 is 0. The lowest BCUT2D eigenvalue weighted by Gasteiger charge is -2.35. The largest absolute Gasteiger partial charge is 0.369 e. The summed E-state index contributed by atoms with van der Waals surface area (Å²) in [4.78, 5) is 0. The number of ether oxygens (including phenoxy) is 1. The molecule has 0 spiro atoms. The maximum atomic E-state index is 6.18. The molecule has 2 aliphatic carbocycles. The van der Waals surface area contributed by atoms with Gasteiger partial charge in [0.2, 0.25) is 0 Å². The monoisotopic (exact) mass is 168 g/mol. The third-order valence-electron chi connectivity index (χ3n) is 3.20. The molecule has 0 aromatic heterocycles. The number of hydrogen-bond acceptors (Lipinski definition) is 1. The molecular weight excluding hydrogens is 148 g/mol. The van der Waals surface area contributed by atoms with Crippen LogP contribution < -0.4 is 0 Å². The van der Waals surface area contributed by atoms with E-state index < -0.39 is 0 Å². The zero-order valence-electron chi connectivity index (χ0n) is 8.52. The Kier molecular flexibility index (Phi) is 1.76. The van der Waals surface area contributed by atoms with E-state index in [-0.39, 0.29) is 5.60 Å². The third-order valence-corrected chi connectivity index (χ3v) is 3.20. The Hall–Kier alpha value is -0.0400. The van der Waals surface area contributed by atoms with Crippen molar-refractivity contribution in [2.45, 2.75) is 64.1 Å². The Morgan fingerprint density at radius 1 is 1.17 bits per heavy atom. The molecular formula is C11H20O. The highest BCUT2D eigenvalue weighted by Crippen LogP contribution is 2.51. The van der Waals surface area contributed by atoms with Gasteiger partial charge >= 0.3 is 0 Å². The predicted molar refractivity (Wildman–Crippen MR) is 50.1 cm³/mol. The molecule has 0 aromatic rings. The van der Waals surface area contributed by atoms with Crippen molar-refractivity contribution in [2.24, 2.45) is 5.92 Å². The highest BCUT2D eigenvalue weighted by molar-refractivity contribution is 4.98. The van der Waals surface area contributed by atoms with Crippen molar-refractivity contribution < 1.29 is 4.74 Å². The average Bonchev–Trinajstić information content (AvgIpc) is 2.40. The van der Waals surface area contributed by atoms with Crippen LogP contribution in [-0.2, 0) is 4.74 Å². The van der Waals surface area contributed by atoms with Gasteiger partial charge in [0.15, 0.2) is 0 Å². The van der Waals surface area contributed by atoms with Gasteiger partial charge in [0.25, 0.3) is 0 Å². The summed E-state index contributed by atoms with van der Waals surface area (Å²) in [5, 5.41) is 0. The Morgan fingerprint density at radius 3 is 2.08 bits per heavy atom. The van der Waals surface area contributed by atoms with Crippen LogP contribution in [0.1, 0.15) is 52.9 Å². The molecule has 0 aliphatic heterocycles. The summed E-state index contributed by atoms with van der Waals surface area (Å²) in [5.41, 5.74) is 0.349. The molecule has 12 heavy (non-hydrogen) atoms. The summed E-state index contributed by atoms with van der Waals surface area (Å²) in [5.74, 6) is 0.993. The van der Waals surface area contributed by atoms with Crippen molar-refractivity contribution in [1.82, 2.24) is 0 Å². The van der Waals surface area contributed by atoms with Crippen molar-refractivity contribution in [3.63, 3.8) is 0 Å². The SMILES string of the molecule is CC(C)(C)OC12CCC(CC1)C2. The van der Waals surface area contributed by atoms with Gasteiger partial charge in [0.1, 0.15) is 0 Å². The molecule has 0 unspecified atom stereocenters. The normalized spacial score (nSPS) is 40.8. The van der Waals surface area contributed by atoms with Crippen LogP contribution in [0.4, 0.5) is 0 Å². The van der Waals surface area contributed by atoms with E-state index >= 15 is 0 Å². The molecule has 0 N–H and O–H groups in total. The van der Waals surface area contributed by atoms with Crippen molar-refractivity contribution in [2.75, 3.05) is 0 Å². The third kappa shape index (κ3) is 1.52. The molecule has 70 valence electrons. The Balaban J connectivity index is 2.03. The summed E-state index contributed by atoms with van der Waals surface area (Å²) < 4.78 is 6.18. The lowest BCUT2D eigenvalue weighted by Crippen LogP contribution is -2.36. The van der Waals surface area contributed by atoms with Gasteiger partial charge in [-0.25, -0.2) is 0 Å². The molecule has 1 nitrogen and oxygen atoms in total. The Morgan fingerprint density at radius 2 is 1.75 bits per heavy atom. The molecule has 2 fully saturated rings. The van der Waals surface area contributed by atoms with Crippen LogP contribution in [0.25, 0.3) is 0 Å². The van der Waals surface area contributed by atoms with E-state index in [1.54, 1.807) is 0 Å². The van der Waals surface area contributed by atoms with Gasteiger partial charge in [0.05, 0.1) is 11.2 Å². The number of hydrogen-bond donors (Lipinski definition) is 0. The molecule has 0 atom stereocenters. The van der Waals surface area contributed by atoms with Crippen LogP contribution in [0.5, 0.6) is 0 Å². The maximum Gasteiger partial charge on any atom is 0.0692 e. The van der Waals surface area contributed by atoms with Gasteiger partial charge in [-0.05, 0) is 58.8 Å². The summed E-state index contributed by atoms with van der Waals surface area (Å²) in [6.07, 6.45) is 6.79. The minimum absolute atomic E-state index is 0.0548. The first-order chi connectivity index (χ1) is 5.49. The van der Waals surface area contributed by atoms with Gasteiger partial charge in [-0.1, -0.05) is 0 Å². The van der Waals surface area contributed by atoms with Crippen molar-refractivity contribution in [3.8, 4) is 0 Å². The molecule has 2 bridgehead atoms. The van der Waals surface area contributed by atoms with Crippen LogP contribution in [0.3, 0.4) is 0 Å². The predicted octanol–water partition coefficient (Wildman–Crippen LogP) is 3.13. The molecule has 2 saturated carbocycles. The molecule has 0 radical (unpaired) electrons. The molecule has 0 heterocycles. The summed E-state index contributed by atoms with van der Waals surface area (Å²) in [6.45, 7) is 6.52. The summed E-state index contributed by atoms with van der Waals surface area (Å²) in [6, 6.07) is 0. The highest BCUT2D eigenvalue weighted by atomic mass is 16.5. The second kappa shape index (κ2) is 2.47. The average molecular weight is 168 g/mol. The molecule has 0 saturated heterocycles. The van der Waals surface area contributed by atoms with E-state index in [0.29, 0.717) is 5.60 Å². The first-order valence-electron chi connectivity index (χ1n) is 5.19. The van der Waals surface area contributed by atoms with Gasteiger partial charge in [0, 0.05) is 0 Å². The minimum Gasteiger partial charge on any atom is -0.369 e. The van der Waals surface area contributed by atoms with Gasteiger partial charge < -0.3 is 4.74 Å². The second-order valence-electron chi connectivity index (χ2n) is 5.54. The van der Waals surface area contributed by atoms with Crippen LogP contribution in [-0.4, -0.2) is 11.2 Å². The van der Waals surface area contributed by atoms with E-state index in [1.807, 2.05) is 0 Å². The topological polar surface area (TPSA) is 9.23 Å². The van der Waals surface area contributed by atoms with Gasteiger partial charge in [-0.3, -0.25) is 0 Å². The van der Waals surface area contributed by atoms with Crippen molar-refractivity contribution in [3.05, 3.63) is 0 Å².